The number of fused-ring (bicyclic) bond motifs is 3. The van der Waals surface area contributed by atoms with Crippen molar-refractivity contribution in [3.8, 4) is 0 Å². The van der Waals surface area contributed by atoms with Crippen LogP contribution >= 0.6 is 23.1 Å². The first kappa shape index (κ1) is 17.3. The van der Waals surface area contributed by atoms with E-state index in [4.69, 9.17) is 0 Å². The molecule has 1 amide bonds. The summed E-state index contributed by atoms with van der Waals surface area (Å²) in [5.74, 6) is 0.149. The Hall–Kier alpha value is -1.14. The van der Waals surface area contributed by atoms with E-state index in [0.29, 0.717) is 6.04 Å². The Morgan fingerprint density at radius 2 is 2.00 bits per heavy atom. The Bertz CT molecular complexity index is 765. The van der Waals surface area contributed by atoms with Crippen molar-refractivity contribution in [2.45, 2.75) is 81.0 Å². The number of hydrogen-bond acceptors (Lipinski definition) is 5. The van der Waals surface area contributed by atoms with E-state index in [0.717, 1.165) is 35.5 Å². The van der Waals surface area contributed by atoms with E-state index in [1.807, 2.05) is 6.92 Å². The van der Waals surface area contributed by atoms with Gasteiger partial charge in [-0.2, -0.15) is 0 Å². The van der Waals surface area contributed by atoms with E-state index >= 15 is 0 Å². The maximum atomic E-state index is 12.7. The van der Waals surface area contributed by atoms with Crippen molar-refractivity contribution < 1.29 is 4.79 Å². The molecule has 2 aliphatic rings. The zero-order valence-electron chi connectivity index (χ0n) is 14.7. The normalized spacial score (nSPS) is 19.6. The molecule has 6 heteroatoms. The second-order valence-corrected chi connectivity index (χ2v) is 9.59. The Morgan fingerprint density at radius 1 is 1.20 bits per heavy atom. The number of carbonyl (C=O) groups excluding carboxylic acids is 1. The molecule has 1 saturated carbocycles. The lowest BCUT2D eigenvalue weighted by Gasteiger charge is -2.19. The predicted molar refractivity (Wildman–Crippen MR) is 104 cm³/mol. The largest absolute Gasteiger partial charge is 0.352 e. The molecule has 0 radical (unpaired) electrons. The van der Waals surface area contributed by atoms with Crippen molar-refractivity contribution in [1.82, 2.24) is 15.3 Å². The van der Waals surface area contributed by atoms with E-state index < -0.39 is 0 Å². The maximum Gasteiger partial charge on any atom is 0.233 e. The summed E-state index contributed by atoms with van der Waals surface area (Å²) in [6, 6.07) is 0.355. The molecule has 4 rings (SSSR count). The van der Waals surface area contributed by atoms with Gasteiger partial charge in [0.2, 0.25) is 5.91 Å². The molecular weight excluding hydrogens is 350 g/mol. The highest BCUT2D eigenvalue weighted by Crippen LogP contribution is 2.40. The molecule has 0 saturated heterocycles. The topological polar surface area (TPSA) is 54.9 Å². The average Bonchev–Trinajstić information content (AvgIpc) is 3.08. The number of hydrogen-bond donors (Lipinski definition) is 1. The van der Waals surface area contributed by atoms with Crippen LogP contribution in [0.4, 0.5) is 0 Å². The van der Waals surface area contributed by atoms with E-state index in [-0.39, 0.29) is 11.2 Å². The molecule has 0 unspecified atom stereocenters. The number of carbonyl (C=O) groups is 1. The zero-order chi connectivity index (χ0) is 17.2. The van der Waals surface area contributed by atoms with E-state index in [2.05, 4.69) is 15.3 Å². The summed E-state index contributed by atoms with van der Waals surface area (Å²) in [7, 11) is 0. The maximum absolute atomic E-state index is 12.7. The minimum Gasteiger partial charge on any atom is -0.352 e. The number of nitrogens with one attached hydrogen (secondary N) is 1. The molecule has 0 aromatic carbocycles. The summed E-state index contributed by atoms with van der Waals surface area (Å²) in [5, 5.41) is 5.33. The van der Waals surface area contributed by atoms with Crippen molar-refractivity contribution in [3.63, 3.8) is 0 Å². The average molecular weight is 376 g/mol. The van der Waals surface area contributed by atoms with Gasteiger partial charge in [-0.3, -0.25) is 4.79 Å². The summed E-state index contributed by atoms with van der Waals surface area (Å²) in [4.78, 5) is 24.2. The lowest BCUT2D eigenvalue weighted by Crippen LogP contribution is -2.39. The van der Waals surface area contributed by atoms with Crippen LogP contribution in [-0.4, -0.2) is 27.2 Å². The number of amides is 1. The molecular formula is C19H25N3OS2. The fourth-order valence-electron chi connectivity index (χ4n) is 3.95. The second-order valence-electron chi connectivity index (χ2n) is 7.17. The minimum atomic E-state index is -0.127. The van der Waals surface area contributed by atoms with E-state index in [1.165, 1.54) is 47.9 Å². The summed E-state index contributed by atoms with van der Waals surface area (Å²) < 4.78 is 0. The smallest absolute Gasteiger partial charge is 0.233 e. The molecule has 2 heterocycles. The van der Waals surface area contributed by atoms with Gasteiger partial charge in [-0.05, 0) is 44.6 Å². The summed E-state index contributed by atoms with van der Waals surface area (Å²) in [6.45, 7) is 2.00. The minimum absolute atomic E-state index is 0.127. The third-order valence-electron chi connectivity index (χ3n) is 5.33. The number of thiophene rings is 1. The Kier molecular flexibility index (Phi) is 5.27. The molecule has 134 valence electrons. The Labute approximate surface area is 157 Å². The van der Waals surface area contributed by atoms with Crippen LogP contribution in [0.25, 0.3) is 10.2 Å². The van der Waals surface area contributed by atoms with Gasteiger partial charge in [-0.25, -0.2) is 9.97 Å². The first-order valence-corrected chi connectivity index (χ1v) is 11.1. The Balaban J connectivity index is 1.48. The van der Waals surface area contributed by atoms with E-state index in [1.54, 1.807) is 29.4 Å². The fourth-order valence-corrected chi connectivity index (χ4v) is 6.20. The van der Waals surface area contributed by atoms with Gasteiger partial charge in [-0.1, -0.05) is 37.4 Å². The quantitative estimate of drug-likeness (QED) is 0.486. The van der Waals surface area contributed by atoms with Crippen LogP contribution in [0.1, 0.15) is 62.3 Å². The van der Waals surface area contributed by atoms with Gasteiger partial charge < -0.3 is 5.32 Å². The van der Waals surface area contributed by atoms with Gasteiger partial charge in [0.15, 0.2) is 0 Å². The van der Waals surface area contributed by atoms with Crippen LogP contribution in [0.15, 0.2) is 11.4 Å². The third-order valence-corrected chi connectivity index (χ3v) is 7.63. The van der Waals surface area contributed by atoms with Gasteiger partial charge in [0.25, 0.3) is 0 Å². The van der Waals surface area contributed by atoms with Gasteiger partial charge in [0.1, 0.15) is 16.2 Å². The van der Waals surface area contributed by atoms with Crippen molar-refractivity contribution in [2.24, 2.45) is 0 Å². The summed E-state index contributed by atoms with van der Waals surface area (Å²) in [6.07, 6.45) is 12.5. The summed E-state index contributed by atoms with van der Waals surface area (Å²) in [5.41, 5.74) is 1.43. The van der Waals surface area contributed by atoms with Gasteiger partial charge in [-0.15, -0.1) is 11.3 Å². The molecule has 0 bridgehead atoms. The highest BCUT2D eigenvalue weighted by molar-refractivity contribution is 8.00. The van der Waals surface area contributed by atoms with Gasteiger partial charge in [0.05, 0.1) is 5.25 Å². The molecule has 4 nitrogen and oxygen atoms in total. The second kappa shape index (κ2) is 7.62. The molecule has 25 heavy (non-hydrogen) atoms. The molecule has 2 aromatic heterocycles. The van der Waals surface area contributed by atoms with Crippen molar-refractivity contribution in [3.05, 3.63) is 16.8 Å². The molecule has 0 aliphatic heterocycles. The van der Waals surface area contributed by atoms with Crippen LogP contribution < -0.4 is 5.32 Å². The molecule has 1 fully saturated rings. The number of rotatable bonds is 4. The van der Waals surface area contributed by atoms with Crippen LogP contribution in [0, 0.1) is 0 Å². The first-order valence-electron chi connectivity index (χ1n) is 9.44. The molecule has 2 aromatic rings. The number of nitrogens with zero attached hydrogens (tertiary/aromatic N) is 2. The van der Waals surface area contributed by atoms with Crippen molar-refractivity contribution in [1.29, 1.82) is 0 Å². The Morgan fingerprint density at radius 3 is 2.80 bits per heavy atom. The van der Waals surface area contributed by atoms with Crippen molar-refractivity contribution >= 4 is 39.2 Å². The first-order chi connectivity index (χ1) is 12.2. The van der Waals surface area contributed by atoms with Crippen LogP contribution in [0.5, 0.6) is 0 Å². The zero-order valence-corrected chi connectivity index (χ0v) is 16.3. The monoisotopic (exact) mass is 375 g/mol. The molecule has 2 aliphatic carbocycles. The number of aromatic nitrogens is 2. The van der Waals surface area contributed by atoms with Crippen LogP contribution in [0.3, 0.4) is 0 Å². The lowest BCUT2D eigenvalue weighted by atomic mass is 10.1. The van der Waals surface area contributed by atoms with Crippen LogP contribution in [0.2, 0.25) is 0 Å². The lowest BCUT2D eigenvalue weighted by molar-refractivity contribution is -0.121. The standard InChI is InChI=1S/C19H25N3OS2/c1-12(17(23)22-13-7-4-2-3-5-8-13)24-18-16-14-9-6-10-15(14)25-19(16)21-11-20-18/h11-13H,2-10H2,1H3,(H,22,23)/t12-/m0/s1. The fraction of sp³-hybridized carbons (Fsp3) is 0.632. The highest BCUT2D eigenvalue weighted by Gasteiger charge is 2.25. The van der Waals surface area contributed by atoms with Gasteiger partial charge in [0, 0.05) is 16.3 Å². The van der Waals surface area contributed by atoms with Crippen molar-refractivity contribution in [2.75, 3.05) is 0 Å². The summed E-state index contributed by atoms with van der Waals surface area (Å²) >= 11 is 3.39. The predicted octanol–water partition coefficient (Wildman–Crippen LogP) is 4.50. The van der Waals surface area contributed by atoms with Crippen LogP contribution in [-0.2, 0) is 17.6 Å². The number of thioether (sulfide) groups is 1. The molecule has 1 atom stereocenters. The van der Waals surface area contributed by atoms with E-state index in [9.17, 15) is 4.79 Å². The third kappa shape index (κ3) is 3.70. The number of aryl methyl sites for hydroxylation is 2. The van der Waals surface area contributed by atoms with Gasteiger partial charge >= 0.3 is 0 Å². The highest BCUT2D eigenvalue weighted by atomic mass is 32.2. The molecule has 1 N–H and O–H groups in total. The SMILES string of the molecule is C[C@H](Sc1ncnc2sc3c(c12)CCC3)C(=O)NC1CCCCCC1. The molecule has 0 spiro atoms.